The zero-order valence-electron chi connectivity index (χ0n) is 9.84. The second kappa shape index (κ2) is 4.88. The van der Waals surface area contributed by atoms with Gasteiger partial charge in [-0.25, -0.2) is 4.98 Å². The third-order valence-corrected chi connectivity index (χ3v) is 3.85. The average molecular weight is 255 g/mol. The summed E-state index contributed by atoms with van der Waals surface area (Å²) in [6.07, 6.45) is 0.634. The van der Waals surface area contributed by atoms with E-state index in [1.807, 2.05) is 12.1 Å². The molecule has 0 aliphatic heterocycles. The van der Waals surface area contributed by atoms with Gasteiger partial charge in [0.05, 0.1) is 10.7 Å². The Labute approximate surface area is 110 Å². The van der Waals surface area contributed by atoms with Gasteiger partial charge in [0.1, 0.15) is 0 Å². The van der Waals surface area contributed by atoms with Crippen molar-refractivity contribution in [3.8, 4) is 11.3 Å². The molecule has 1 N–H and O–H groups in total. The van der Waals surface area contributed by atoms with Gasteiger partial charge in [0.15, 0.2) is 0 Å². The Morgan fingerprint density at radius 1 is 1.06 bits per heavy atom. The van der Waals surface area contributed by atoms with Crippen LogP contribution in [0.4, 0.5) is 0 Å². The van der Waals surface area contributed by atoms with E-state index in [1.54, 1.807) is 11.3 Å². The number of hydrogen-bond donors (Lipinski definition) is 1. The van der Waals surface area contributed by atoms with Crippen molar-refractivity contribution in [3.05, 3.63) is 52.9 Å². The summed E-state index contributed by atoms with van der Waals surface area (Å²) in [5, 5.41) is 14.4. The number of aliphatic hydroxyl groups excluding tert-OH is 1. The average Bonchev–Trinajstić information content (AvgIpc) is 2.87. The highest BCUT2D eigenvalue weighted by Crippen LogP contribution is 2.29. The normalized spacial score (nSPS) is 10.9. The summed E-state index contributed by atoms with van der Waals surface area (Å²) < 4.78 is 0. The zero-order valence-corrected chi connectivity index (χ0v) is 10.7. The summed E-state index contributed by atoms with van der Waals surface area (Å²) in [6, 6.07) is 14.6. The molecule has 2 nitrogen and oxygen atoms in total. The fourth-order valence-electron chi connectivity index (χ4n) is 2.09. The summed E-state index contributed by atoms with van der Waals surface area (Å²) in [4.78, 5) is 4.58. The van der Waals surface area contributed by atoms with Crippen molar-refractivity contribution >= 4 is 22.1 Å². The molecule has 0 radical (unpaired) electrons. The van der Waals surface area contributed by atoms with E-state index in [9.17, 15) is 0 Å². The summed E-state index contributed by atoms with van der Waals surface area (Å²) in [6.45, 7) is 0.155. The lowest BCUT2D eigenvalue weighted by molar-refractivity contribution is 0.299. The van der Waals surface area contributed by atoms with Gasteiger partial charge in [0.2, 0.25) is 0 Å². The molecule has 1 aromatic heterocycles. The first kappa shape index (κ1) is 11.4. The minimum atomic E-state index is 0.155. The number of aliphatic hydroxyl groups is 1. The maximum atomic E-state index is 8.94. The number of hydrogen-bond acceptors (Lipinski definition) is 3. The third kappa shape index (κ3) is 2.03. The van der Waals surface area contributed by atoms with Gasteiger partial charge in [-0.1, -0.05) is 42.5 Å². The lowest BCUT2D eigenvalue weighted by Gasteiger charge is -2.03. The van der Waals surface area contributed by atoms with Crippen LogP contribution in [0.5, 0.6) is 0 Å². The summed E-state index contributed by atoms with van der Waals surface area (Å²) in [5.41, 5.74) is 2.16. The van der Waals surface area contributed by atoms with Crippen LogP contribution in [0.3, 0.4) is 0 Å². The SMILES string of the molecule is OCCc1nc(-c2cccc3ccccc23)cs1. The van der Waals surface area contributed by atoms with Crippen LogP contribution in [0.1, 0.15) is 5.01 Å². The minimum absolute atomic E-state index is 0.155. The molecule has 1 heterocycles. The largest absolute Gasteiger partial charge is 0.396 e. The molecule has 0 unspecified atom stereocenters. The first-order chi connectivity index (χ1) is 8.88. The highest BCUT2D eigenvalue weighted by atomic mass is 32.1. The molecule has 3 heteroatoms. The van der Waals surface area contributed by atoms with Crippen molar-refractivity contribution in [1.82, 2.24) is 4.98 Å². The van der Waals surface area contributed by atoms with E-state index in [0.717, 1.165) is 16.3 Å². The molecule has 0 saturated carbocycles. The van der Waals surface area contributed by atoms with Crippen molar-refractivity contribution < 1.29 is 5.11 Å². The molecule has 3 rings (SSSR count). The minimum Gasteiger partial charge on any atom is -0.396 e. The molecule has 0 fully saturated rings. The van der Waals surface area contributed by atoms with Gasteiger partial charge in [-0.2, -0.15) is 0 Å². The van der Waals surface area contributed by atoms with Crippen molar-refractivity contribution in [3.63, 3.8) is 0 Å². The smallest absolute Gasteiger partial charge is 0.0955 e. The van der Waals surface area contributed by atoms with E-state index in [2.05, 4.69) is 40.7 Å². The number of fused-ring (bicyclic) bond motifs is 1. The summed E-state index contributed by atoms with van der Waals surface area (Å²) in [7, 11) is 0. The van der Waals surface area contributed by atoms with Gasteiger partial charge < -0.3 is 5.11 Å². The van der Waals surface area contributed by atoms with Crippen LogP contribution in [0, 0.1) is 0 Å². The van der Waals surface area contributed by atoms with Gasteiger partial charge in [-0.15, -0.1) is 11.3 Å². The molecule has 2 aromatic carbocycles. The maximum absolute atomic E-state index is 8.94. The second-order valence-electron chi connectivity index (χ2n) is 4.13. The van der Waals surface area contributed by atoms with Crippen LogP contribution in [0.25, 0.3) is 22.0 Å². The van der Waals surface area contributed by atoms with E-state index < -0.39 is 0 Å². The predicted octanol–water partition coefficient (Wildman–Crippen LogP) is 3.50. The standard InChI is InChI=1S/C15H13NOS/c17-9-8-15-16-14(10-18-15)13-7-3-5-11-4-1-2-6-12(11)13/h1-7,10,17H,8-9H2. The molecule has 3 aromatic rings. The predicted molar refractivity (Wildman–Crippen MR) is 75.8 cm³/mol. The van der Waals surface area contributed by atoms with E-state index in [0.29, 0.717) is 6.42 Å². The van der Waals surface area contributed by atoms with Crippen LogP contribution in [0.15, 0.2) is 47.8 Å². The van der Waals surface area contributed by atoms with Gasteiger partial charge in [-0.05, 0) is 10.8 Å². The van der Waals surface area contributed by atoms with Crippen LogP contribution in [-0.2, 0) is 6.42 Å². The molecule has 0 amide bonds. The Bertz CT molecular complexity index is 670. The molecule has 90 valence electrons. The third-order valence-electron chi connectivity index (χ3n) is 2.94. The van der Waals surface area contributed by atoms with Crippen LogP contribution in [0.2, 0.25) is 0 Å². The highest BCUT2D eigenvalue weighted by molar-refractivity contribution is 7.09. The van der Waals surface area contributed by atoms with Crippen LogP contribution < -0.4 is 0 Å². The maximum Gasteiger partial charge on any atom is 0.0955 e. The van der Waals surface area contributed by atoms with E-state index in [-0.39, 0.29) is 6.61 Å². The molecular formula is C15H13NOS. The molecule has 0 aliphatic rings. The number of nitrogens with zero attached hydrogens (tertiary/aromatic N) is 1. The lowest BCUT2D eigenvalue weighted by Crippen LogP contribution is -1.89. The van der Waals surface area contributed by atoms with E-state index in [4.69, 9.17) is 5.11 Å². The van der Waals surface area contributed by atoms with E-state index in [1.165, 1.54) is 10.8 Å². The Morgan fingerprint density at radius 2 is 1.89 bits per heavy atom. The van der Waals surface area contributed by atoms with Crippen LogP contribution in [-0.4, -0.2) is 16.7 Å². The monoisotopic (exact) mass is 255 g/mol. The quantitative estimate of drug-likeness (QED) is 0.777. The molecule has 0 aliphatic carbocycles. The van der Waals surface area contributed by atoms with Crippen LogP contribution >= 0.6 is 11.3 Å². The Kier molecular flexibility index (Phi) is 3.09. The molecule has 0 spiro atoms. The number of benzene rings is 2. The fraction of sp³-hybridized carbons (Fsp3) is 0.133. The highest BCUT2D eigenvalue weighted by Gasteiger charge is 2.07. The number of aromatic nitrogens is 1. The van der Waals surface area contributed by atoms with Crippen molar-refractivity contribution in [2.45, 2.75) is 6.42 Å². The Balaban J connectivity index is 2.12. The molecule has 0 saturated heterocycles. The van der Waals surface area contributed by atoms with E-state index >= 15 is 0 Å². The summed E-state index contributed by atoms with van der Waals surface area (Å²) in [5.74, 6) is 0. The number of thiazole rings is 1. The van der Waals surface area contributed by atoms with Gasteiger partial charge >= 0.3 is 0 Å². The lowest BCUT2D eigenvalue weighted by atomic mass is 10.0. The van der Waals surface area contributed by atoms with Gasteiger partial charge in [-0.3, -0.25) is 0 Å². The molecule has 0 bridgehead atoms. The van der Waals surface area contributed by atoms with Crippen molar-refractivity contribution in [1.29, 1.82) is 0 Å². The first-order valence-electron chi connectivity index (χ1n) is 5.92. The van der Waals surface area contributed by atoms with Gasteiger partial charge in [0, 0.05) is 24.0 Å². The Hall–Kier alpha value is -1.71. The van der Waals surface area contributed by atoms with Crippen molar-refractivity contribution in [2.75, 3.05) is 6.61 Å². The topological polar surface area (TPSA) is 33.1 Å². The molecular weight excluding hydrogens is 242 g/mol. The van der Waals surface area contributed by atoms with Crippen molar-refractivity contribution in [2.24, 2.45) is 0 Å². The Morgan fingerprint density at radius 3 is 2.78 bits per heavy atom. The second-order valence-corrected chi connectivity index (χ2v) is 5.07. The molecule has 18 heavy (non-hydrogen) atoms. The summed E-state index contributed by atoms with van der Waals surface area (Å²) >= 11 is 1.61. The number of rotatable bonds is 3. The van der Waals surface area contributed by atoms with Gasteiger partial charge in [0.25, 0.3) is 0 Å². The first-order valence-corrected chi connectivity index (χ1v) is 6.80. The fourth-order valence-corrected chi connectivity index (χ4v) is 2.88. The molecule has 0 atom stereocenters. The zero-order chi connectivity index (χ0) is 12.4.